The number of rotatable bonds is 3. The molecule has 0 radical (unpaired) electrons. The van der Waals surface area contributed by atoms with Gasteiger partial charge >= 0.3 is 0 Å². The molecular formula is C15H28O. The second-order valence-corrected chi connectivity index (χ2v) is 6.99. The van der Waals surface area contributed by atoms with E-state index in [2.05, 4.69) is 46.8 Å². The molecule has 94 valence electrons. The number of aliphatic hydroxyl groups excluding tert-OH is 1. The zero-order chi connectivity index (χ0) is 12.6. The van der Waals surface area contributed by atoms with Crippen molar-refractivity contribution in [2.75, 3.05) is 0 Å². The second-order valence-electron chi connectivity index (χ2n) is 6.99. The maximum absolute atomic E-state index is 9.72. The van der Waals surface area contributed by atoms with Gasteiger partial charge in [0.2, 0.25) is 0 Å². The molecule has 2 atom stereocenters. The predicted molar refractivity (Wildman–Crippen MR) is 70.3 cm³/mol. The van der Waals surface area contributed by atoms with Gasteiger partial charge in [-0.05, 0) is 30.6 Å². The van der Waals surface area contributed by atoms with Crippen LogP contribution in [0.25, 0.3) is 0 Å². The van der Waals surface area contributed by atoms with Gasteiger partial charge in [0.05, 0.1) is 6.10 Å². The van der Waals surface area contributed by atoms with Crippen molar-refractivity contribution in [3.63, 3.8) is 0 Å². The van der Waals surface area contributed by atoms with E-state index in [9.17, 15) is 5.11 Å². The summed E-state index contributed by atoms with van der Waals surface area (Å²) in [6, 6.07) is 0. The summed E-state index contributed by atoms with van der Waals surface area (Å²) in [5.41, 5.74) is 0.555. The summed E-state index contributed by atoms with van der Waals surface area (Å²) in [4.78, 5) is 0. The van der Waals surface area contributed by atoms with E-state index in [1.54, 1.807) is 0 Å². The Morgan fingerprint density at radius 1 is 1.19 bits per heavy atom. The summed E-state index contributed by atoms with van der Waals surface area (Å²) >= 11 is 0. The Morgan fingerprint density at radius 2 is 1.75 bits per heavy atom. The third-order valence-electron chi connectivity index (χ3n) is 5.00. The minimum absolute atomic E-state index is 0.123. The first-order chi connectivity index (χ1) is 7.11. The normalized spacial score (nSPS) is 32.2. The van der Waals surface area contributed by atoms with Crippen molar-refractivity contribution in [2.45, 2.75) is 66.9 Å². The summed E-state index contributed by atoms with van der Waals surface area (Å²) in [5, 5.41) is 9.72. The van der Waals surface area contributed by atoms with Gasteiger partial charge in [0.1, 0.15) is 0 Å². The fourth-order valence-electron chi connectivity index (χ4n) is 2.37. The molecule has 0 aromatic carbocycles. The summed E-state index contributed by atoms with van der Waals surface area (Å²) < 4.78 is 0. The lowest BCUT2D eigenvalue weighted by atomic mass is 9.68. The zero-order valence-corrected chi connectivity index (χ0v) is 11.8. The number of aliphatic hydroxyl groups is 1. The SMILES string of the molecule is CC(O)C(C)(C)C=CC1(C)CCCC1(C)C. The molecule has 0 saturated heterocycles. The topological polar surface area (TPSA) is 20.2 Å². The Balaban J connectivity index is 2.85. The lowest BCUT2D eigenvalue weighted by Gasteiger charge is -2.37. The Labute approximate surface area is 101 Å². The highest BCUT2D eigenvalue weighted by atomic mass is 16.3. The molecule has 16 heavy (non-hydrogen) atoms. The van der Waals surface area contributed by atoms with E-state index in [1.807, 2.05) is 6.92 Å². The molecule has 0 aromatic heterocycles. The summed E-state index contributed by atoms with van der Waals surface area (Å²) in [5.74, 6) is 0. The van der Waals surface area contributed by atoms with Crippen LogP contribution in [-0.4, -0.2) is 11.2 Å². The average molecular weight is 224 g/mol. The van der Waals surface area contributed by atoms with Crippen molar-refractivity contribution in [2.24, 2.45) is 16.2 Å². The molecular weight excluding hydrogens is 196 g/mol. The van der Waals surface area contributed by atoms with E-state index in [-0.39, 0.29) is 11.5 Å². The van der Waals surface area contributed by atoms with E-state index in [0.29, 0.717) is 10.8 Å². The monoisotopic (exact) mass is 224 g/mol. The molecule has 1 saturated carbocycles. The number of hydrogen-bond donors (Lipinski definition) is 1. The van der Waals surface area contributed by atoms with Gasteiger partial charge in [0.15, 0.2) is 0 Å². The van der Waals surface area contributed by atoms with Crippen LogP contribution in [0.1, 0.15) is 60.8 Å². The minimum atomic E-state index is -0.295. The average Bonchev–Trinajstić information content (AvgIpc) is 2.39. The standard InChI is InChI=1S/C15H28O/c1-12(16)13(2,3)10-11-15(6)9-7-8-14(15,4)5/h10-12,16H,7-9H2,1-6H3. The Kier molecular flexibility index (Phi) is 3.59. The lowest BCUT2D eigenvalue weighted by molar-refractivity contribution is 0.0974. The highest BCUT2D eigenvalue weighted by molar-refractivity contribution is 5.11. The second kappa shape index (κ2) is 4.18. The van der Waals surface area contributed by atoms with E-state index in [1.165, 1.54) is 19.3 Å². The van der Waals surface area contributed by atoms with E-state index in [0.717, 1.165) is 0 Å². The number of hydrogen-bond acceptors (Lipinski definition) is 1. The van der Waals surface area contributed by atoms with Crippen LogP contribution >= 0.6 is 0 Å². The first kappa shape index (κ1) is 13.8. The molecule has 1 aliphatic rings. The first-order valence-electron chi connectivity index (χ1n) is 6.49. The van der Waals surface area contributed by atoms with E-state index >= 15 is 0 Å². The van der Waals surface area contributed by atoms with Crippen LogP contribution in [0.3, 0.4) is 0 Å². The van der Waals surface area contributed by atoms with Crippen LogP contribution in [0.5, 0.6) is 0 Å². The van der Waals surface area contributed by atoms with Crippen LogP contribution < -0.4 is 0 Å². The molecule has 1 N–H and O–H groups in total. The molecule has 0 heterocycles. The summed E-state index contributed by atoms with van der Waals surface area (Å²) in [7, 11) is 0. The van der Waals surface area contributed by atoms with Crippen molar-refractivity contribution in [3.05, 3.63) is 12.2 Å². The number of allylic oxidation sites excluding steroid dienone is 1. The molecule has 0 aliphatic heterocycles. The van der Waals surface area contributed by atoms with Crippen LogP contribution in [-0.2, 0) is 0 Å². The van der Waals surface area contributed by atoms with Crippen LogP contribution in [0.2, 0.25) is 0 Å². The van der Waals surface area contributed by atoms with Crippen molar-refractivity contribution in [3.8, 4) is 0 Å². The van der Waals surface area contributed by atoms with Gasteiger partial charge in [-0.3, -0.25) is 0 Å². The largest absolute Gasteiger partial charge is 0.393 e. The predicted octanol–water partition coefficient (Wildman–Crippen LogP) is 4.17. The summed E-state index contributed by atoms with van der Waals surface area (Å²) in [6.45, 7) is 13.1. The Morgan fingerprint density at radius 3 is 2.12 bits per heavy atom. The van der Waals surface area contributed by atoms with Crippen molar-refractivity contribution < 1.29 is 5.11 Å². The molecule has 1 aliphatic carbocycles. The van der Waals surface area contributed by atoms with Crippen molar-refractivity contribution >= 4 is 0 Å². The zero-order valence-electron chi connectivity index (χ0n) is 11.8. The first-order valence-corrected chi connectivity index (χ1v) is 6.49. The van der Waals surface area contributed by atoms with E-state index < -0.39 is 0 Å². The van der Waals surface area contributed by atoms with Gasteiger partial charge in [-0.15, -0.1) is 0 Å². The van der Waals surface area contributed by atoms with Gasteiger partial charge in [-0.1, -0.05) is 53.2 Å². The minimum Gasteiger partial charge on any atom is -0.393 e. The Bertz CT molecular complexity index is 273. The molecule has 2 unspecified atom stereocenters. The van der Waals surface area contributed by atoms with Gasteiger partial charge < -0.3 is 5.11 Å². The van der Waals surface area contributed by atoms with Crippen LogP contribution in [0.4, 0.5) is 0 Å². The molecule has 0 amide bonds. The molecule has 1 nitrogen and oxygen atoms in total. The summed E-state index contributed by atoms with van der Waals surface area (Å²) in [6.07, 6.45) is 8.17. The third kappa shape index (κ3) is 2.51. The van der Waals surface area contributed by atoms with Gasteiger partial charge in [-0.2, -0.15) is 0 Å². The highest BCUT2D eigenvalue weighted by Gasteiger charge is 2.43. The van der Waals surface area contributed by atoms with Crippen molar-refractivity contribution in [1.29, 1.82) is 0 Å². The smallest absolute Gasteiger partial charge is 0.0597 e. The quantitative estimate of drug-likeness (QED) is 0.713. The molecule has 1 rings (SSSR count). The maximum Gasteiger partial charge on any atom is 0.0597 e. The van der Waals surface area contributed by atoms with Crippen molar-refractivity contribution in [1.82, 2.24) is 0 Å². The third-order valence-corrected chi connectivity index (χ3v) is 5.00. The lowest BCUT2D eigenvalue weighted by Crippen LogP contribution is -2.29. The van der Waals surface area contributed by atoms with Gasteiger partial charge in [-0.25, -0.2) is 0 Å². The van der Waals surface area contributed by atoms with Gasteiger partial charge in [0.25, 0.3) is 0 Å². The molecule has 0 bridgehead atoms. The molecule has 1 heteroatoms. The Hall–Kier alpha value is -0.300. The highest BCUT2D eigenvalue weighted by Crippen LogP contribution is 2.53. The van der Waals surface area contributed by atoms with Crippen LogP contribution in [0, 0.1) is 16.2 Å². The molecule has 0 aromatic rings. The molecule has 1 fully saturated rings. The maximum atomic E-state index is 9.72. The molecule has 0 spiro atoms. The van der Waals surface area contributed by atoms with Gasteiger partial charge in [0, 0.05) is 5.41 Å². The van der Waals surface area contributed by atoms with E-state index in [4.69, 9.17) is 0 Å². The fraction of sp³-hybridized carbons (Fsp3) is 0.867. The fourth-order valence-corrected chi connectivity index (χ4v) is 2.37. The van der Waals surface area contributed by atoms with Crippen LogP contribution in [0.15, 0.2) is 12.2 Å².